The summed E-state index contributed by atoms with van der Waals surface area (Å²) < 4.78 is 0. The van der Waals surface area contributed by atoms with Crippen molar-refractivity contribution in [2.75, 3.05) is 17.7 Å². The predicted octanol–water partition coefficient (Wildman–Crippen LogP) is 4.36. The Hall–Kier alpha value is -2.04. The lowest BCUT2D eigenvalue weighted by Gasteiger charge is -2.10. The van der Waals surface area contributed by atoms with E-state index in [9.17, 15) is 0 Å². The molecule has 0 aliphatic heterocycles. The Bertz CT molecular complexity index is 760. The van der Waals surface area contributed by atoms with Gasteiger partial charge in [0, 0.05) is 24.0 Å². The normalized spacial score (nSPS) is 10.1. The molecule has 0 aliphatic carbocycles. The van der Waals surface area contributed by atoms with E-state index in [0.717, 1.165) is 27.3 Å². The van der Waals surface area contributed by atoms with Gasteiger partial charge in [-0.2, -0.15) is 4.98 Å². The summed E-state index contributed by atoms with van der Waals surface area (Å²) in [6.45, 7) is 0.682. The van der Waals surface area contributed by atoms with Crippen LogP contribution in [0.1, 0.15) is 5.56 Å². The first-order chi connectivity index (χ1) is 10.3. The predicted molar refractivity (Wildman–Crippen MR) is 95.1 cm³/mol. The van der Waals surface area contributed by atoms with Crippen molar-refractivity contribution in [3.63, 3.8) is 0 Å². The maximum absolute atomic E-state index is 5.90. The van der Waals surface area contributed by atoms with Crippen LogP contribution < -0.4 is 10.6 Å². The van der Waals surface area contributed by atoms with Gasteiger partial charge in [0.05, 0.1) is 5.52 Å². The van der Waals surface area contributed by atoms with Crippen LogP contribution in [0, 0.1) is 0 Å². The van der Waals surface area contributed by atoms with Crippen molar-refractivity contribution in [2.24, 2.45) is 0 Å². The van der Waals surface area contributed by atoms with Crippen molar-refractivity contribution in [3.05, 3.63) is 59.1 Å². The fraction of sp³-hybridized carbons (Fsp3) is 0.125. The molecule has 0 spiro atoms. The standard InChI is InChI=1S/C16H15ClN4.ClH/c1-18-16-20-14-5-3-2-4-13(14)15(21-16)19-10-11-6-8-12(17)9-7-11;/h2-9H,10H2,1H3,(H2,18,19,20,21);1H. The van der Waals surface area contributed by atoms with Gasteiger partial charge in [-0.3, -0.25) is 0 Å². The summed E-state index contributed by atoms with van der Waals surface area (Å²) >= 11 is 5.90. The van der Waals surface area contributed by atoms with Crippen LogP contribution in [0.25, 0.3) is 10.9 Å². The fourth-order valence-corrected chi connectivity index (χ4v) is 2.24. The molecule has 114 valence electrons. The van der Waals surface area contributed by atoms with E-state index in [-0.39, 0.29) is 12.4 Å². The third-order valence-corrected chi connectivity index (χ3v) is 3.45. The van der Waals surface area contributed by atoms with E-state index in [0.29, 0.717) is 12.5 Å². The minimum absolute atomic E-state index is 0. The van der Waals surface area contributed by atoms with E-state index in [1.807, 2.05) is 55.6 Å². The van der Waals surface area contributed by atoms with Crippen molar-refractivity contribution < 1.29 is 0 Å². The van der Waals surface area contributed by atoms with Crippen LogP contribution in [0.4, 0.5) is 11.8 Å². The molecule has 3 aromatic rings. The maximum Gasteiger partial charge on any atom is 0.224 e. The molecule has 1 heterocycles. The van der Waals surface area contributed by atoms with Crippen LogP contribution in [0.15, 0.2) is 48.5 Å². The summed E-state index contributed by atoms with van der Waals surface area (Å²) in [7, 11) is 1.81. The SMILES string of the molecule is CNc1nc(NCc2ccc(Cl)cc2)c2ccccc2n1.Cl. The average molecular weight is 335 g/mol. The lowest BCUT2D eigenvalue weighted by molar-refractivity contribution is 1.10. The zero-order chi connectivity index (χ0) is 14.7. The molecular formula is C16H16Cl2N4. The fourth-order valence-electron chi connectivity index (χ4n) is 2.11. The Morgan fingerprint density at radius 1 is 1.00 bits per heavy atom. The van der Waals surface area contributed by atoms with Gasteiger partial charge < -0.3 is 10.6 Å². The Labute approximate surface area is 140 Å². The molecule has 0 amide bonds. The number of hydrogen-bond acceptors (Lipinski definition) is 4. The van der Waals surface area contributed by atoms with E-state index < -0.39 is 0 Å². The number of para-hydroxylation sites is 1. The van der Waals surface area contributed by atoms with Gasteiger partial charge >= 0.3 is 0 Å². The Balaban J connectivity index is 0.00000176. The molecule has 4 nitrogen and oxygen atoms in total. The number of nitrogens with one attached hydrogen (secondary N) is 2. The number of nitrogens with zero attached hydrogens (tertiary/aromatic N) is 2. The second-order valence-corrected chi connectivity index (χ2v) is 5.08. The van der Waals surface area contributed by atoms with Gasteiger partial charge in [0.1, 0.15) is 5.82 Å². The summed E-state index contributed by atoms with van der Waals surface area (Å²) in [6, 6.07) is 15.7. The Morgan fingerprint density at radius 3 is 2.45 bits per heavy atom. The van der Waals surface area contributed by atoms with Crippen molar-refractivity contribution in [2.45, 2.75) is 6.54 Å². The Morgan fingerprint density at radius 2 is 1.73 bits per heavy atom. The molecular weight excluding hydrogens is 319 g/mol. The molecule has 22 heavy (non-hydrogen) atoms. The topological polar surface area (TPSA) is 49.8 Å². The maximum atomic E-state index is 5.90. The number of aromatic nitrogens is 2. The van der Waals surface area contributed by atoms with E-state index in [1.54, 1.807) is 0 Å². The van der Waals surface area contributed by atoms with Crippen molar-refractivity contribution in [1.29, 1.82) is 0 Å². The summed E-state index contributed by atoms with van der Waals surface area (Å²) in [5, 5.41) is 8.09. The molecule has 0 atom stereocenters. The molecule has 0 aliphatic rings. The molecule has 2 N–H and O–H groups in total. The van der Waals surface area contributed by atoms with Crippen LogP contribution in [-0.4, -0.2) is 17.0 Å². The lowest BCUT2D eigenvalue weighted by Crippen LogP contribution is -2.05. The van der Waals surface area contributed by atoms with Gasteiger partial charge in [0.25, 0.3) is 0 Å². The van der Waals surface area contributed by atoms with Crippen molar-refractivity contribution in [3.8, 4) is 0 Å². The van der Waals surface area contributed by atoms with Gasteiger partial charge in [0.15, 0.2) is 0 Å². The third-order valence-electron chi connectivity index (χ3n) is 3.20. The van der Waals surface area contributed by atoms with Crippen LogP contribution >= 0.6 is 24.0 Å². The molecule has 0 radical (unpaired) electrons. The highest BCUT2D eigenvalue weighted by Crippen LogP contribution is 2.22. The third kappa shape index (κ3) is 3.59. The van der Waals surface area contributed by atoms with Crippen molar-refractivity contribution >= 4 is 46.7 Å². The quantitative estimate of drug-likeness (QED) is 0.744. The monoisotopic (exact) mass is 334 g/mol. The molecule has 0 bridgehead atoms. The average Bonchev–Trinajstić information content (AvgIpc) is 2.53. The van der Waals surface area contributed by atoms with Crippen molar-refractivity contribution in [1.82, 2.24) is 9.97 Å². The minimum Gasteiger partial charge on any atom is -0.365 e. The molecule has 2 aromatic carbocycles. The highest BCUT2D eigenvalue weighted by Gasteiger charge is 2.06. The molecule has 0 fully saturated rings. The second kappa shape index (κ2) is 7.29. The second-order valence-electron chi connectivity index (χ2n) is 4.64. The van der Waals surface area contributed by atoms with Crippen LogP contribution in [-0.2, 0) is 6.54 Å². The summed E-state index contributed by atoms with van der Waals surface area (Å²) in [4.78, 5) is 8.93. The van der Waals surface area contributed by atoms with E-state index in [4.69, 9.17) is 11.6 Å². The zero-order valence-electron chi connectivity index (χ0n) is 12.0. The minimum atomic E-state index is 0. The molecule has 0 saturated carbocycles. The molecule has 1 aromatic heterocycles. The number of hydrogen-bond donors (Lipinski definition) is 2. The van der Waals surface area contributed by atoms with Crippen LogP contribution in [0.2, 0.25) is 5.02 Å². The van der Waals surface area contributed by atoms with Crippen LogP contribution in [0.5, 0.6) is 0 Å². The van der Waals surface area contributed by atoms with Gasteiger partial charge in [-0.25, -0.2) is 4.98 Å². The molecule has 0 unspecified atom stereocenters. The first-order valence-electron chi connectivity index (χ1n) is 6.69. The lowest BCUT2D eigenvalue weighted by atomic mass is 10.2. The van der Waals surface area contributed by atoms with Gasteiger partial charge in [-0.05, 0) is 29.8 Å². The summed E-state index contributed by atoms with van der Waals surface area (Å²) in [5.74, 6) is 1.42. The van der Waals surface area contributed by atoms with Gasteiger partial charge in [-0.15, -0.1) is 12.4 Å². The number of fused-ring (bicyclic) bond motifs is 1. The van der Waals surface area contributed by atoms with Gasteiger partial charge in [0.2, 0.25) is 5.95 Å². The Kier molecular flexibility index (Phi) is 5.41. The van der Waals surface area contributed by atoms with E-state index in [2.05, 4.69) is 20.6 Å². The molecule has 3 rings (SSSR count). The number of halogens is 2. The molecule has 0 saturated heterocycles. The first-order valence-corrected chi connectivity index (χ1v) is 7.07. The summed E-state index contributed by atoms with van der Waals surface area (Å²) in [5.41, 5.74) is 2.06. The molecule has 6 heteroatoms. The van der Waals surface area contributed by atoms with Gasteiger partial charge in [-0.1, -0.05) is 35.9 Å². The zero-order valence-corrected chi connectivity index (χ0v) is 13.6. The smallest absolute Gasteiger partial charge is 0.224 e. The first kappa shape index (κ1) is 16.3. The van der Waals surface area contributed by atoms with Crippen LogP contribution in [0.3, 0.4) is 0 Å². The number of rotatable bonds is 4. The summed E-state index contributed by atoms with van der Waals surface area (Å²) in [6.07, 6.45) is 0. The number of anilines is 2. The highest BCUT2D eigenvalue weighted by molar-refractivity contribution is 6.30. The number of benzene rings is 2. The highest BCUT2D eigenvalue weighted by atomic mass is 35.5. The largest absolute Gasteiger partial charge is 0.365 e. The van der Waals surface area contributed by atoms with E-state index >= 15 is 0 Å². The van der Waals surface area contributed by atoms with E-state index in [1.165, 1.54) is 0 Å².